The lowest BCUT2D eigenvalue weighted by molar-refractivity contribution is 0.0959. The third-order valence-electron chi connectivity index (χ3n) is 5.99. The largest absolute Gasteiger partial charge is 0.497 e. The Morgan fingerprint density at radius 1 is 0.795 bits per heavy atom. The molecule has 8 heteroatoms. The molecule has 0 spiro atoms. The zero-order chi connectivity index (χ0) is 27.2. The molecule has 0 saturated carbocycles. The number of anilines is 1. The molecule has 0 radical (unpaired) electrons. The van der Waals surface area contributed by atoms with Gasteiger partial charge in [-0.25, -0.2) is 4.68 Å². The van der Waals surface area contributed by atoms with E-state index in [4.69, 9.17) is 17.0 Å². The minimum Gasteiger partial charge on any atom is -0.497 e. The lowest BCUT2D eigenvalue weighted by Gasteiger charge is -2.11. The highest BCUT2D eigenvalue weighted by Crippen LogP contribution is 2.31. The van der Waals surface area contributed by atoms with Gasteiger partial charge in [0.25, 0.3) is 5.91 Å². The Morgan fingerprint density at radius 2 is 1.38 bits per heavy atom. The van der Waals surface area contributed by atoms with Crippen molar-refractivity contribution in [1.29, 1.82) is 0 Å². The molecule has 0 fully saturated rings. The highest BCUT2D eigenvalue weighted by Gasteiger charge is 2.30. The number of aromatic nitrogens is 2. The summed E-state index contributed by atoms with van der Waals surface area (Å²) in [4.78, 5) is 27.6. The Kier molecular flexibility index (Phi) is 7.56. The average molecular weight is 533 g/mol. The third-order valence-corrected chi connectivity index (χ3v) is 6.19. The van der Waals surface area contributed by atoms with E-state index in [1.807, 2.05) is 66.7 Å². The molecular weight excluding hydrogens is 508 g/mol. The van der Waals surface area contributed by atoms with Crippen molar-refractivity contribution in [3.05, 3.63) is 132 Å². The number of para-hydroxylation sites is 1. The molecule has 1 aromatic heterocycles. The van der Waals surface area contributed by atoms with Gasteiger partial charge in [-0.2, -0.15) is 5.10 Å². The van der Waals surface area contributed by atoms with Crippen molar-refractivity contribution in [3.8, 4) is 22.7 Å². The molecule has 7 nitrogen and oxygen atoms in total. The van der Waals surface area contributed by atoms with Crippen molar-refractivity contribution in [2.24, 2.45) is 0 Å². The molecule has 0 aliphatic rings. The highest BCUT2D eigenvalue weighted by molar-refractivity contribution is 7.80. The molecule has 0 aliphatic carbocycles. The molecule has 2 N–H and O–H groups in total. The number of rotatable bonds is 7. The van der Waals surface area contributed by atoms with Crippen LogP contribution in [0.1, 0.15) is 26.4 Å². The molecule has 0 atom stereocenters. The van der Waals surface area contributed by atoms with E-state index < -0.39 is 5.91 Å². The van der Waals surface area contributed by atoms with Gasteiger partial charge in [0.1, 0.15) is 5.75 Å². The van der Waals surface area contributed by atoms with E-state index in [9.17, 15) is 9.59 Å². The van der Waals surface area contributed by atoms with Crippen LogP contribution in [-0.4, -0.2) is 33.7 Å². The van der Waals surface area contributed by atoms with Crippen LogP contribution in [0, 0.1) is 0 Å². The van der Waals surface area contributed by atoms with Gasteiger partial charge in [0.2, 0.25) is 0 Å². The van der Waals surface area contributed by atoms with E-state index in [0.717, 1.165) is 5.56 Å². The standard InChI is InChI=1S/C31H24N4O3S/c1-38-25-19-17-23(18-20-25)32-31(39)33-30(37)27-26(29(36)22-13-7-3-8-14-22)28(21-11-5-2-6-12-21)35(34-27)24-15-9-4-10-16-24/h2-20H,1H3,(H2,32,33,37,39). The summed E-state index contributed by atoms with van der Waals surface area (Å²) >= 11 is 5.41. The smallest absolute Gasteiger partial charge is 0.278 e. The molecule has 5 aromatic rings. The Balaban J connectivity index is 1.59. The Morgan fingerprint density at radius 3 is 2.00 bits per heavy atom. The van der Waals surface area contributed by atoms with E-state index in [1.54, 1.807) is 60.3 Å². The number of hydrogen-bond acceptors (Lipinski definition) is 5. The molecule has 4 aromatic carbocycles. The number of amides is 1. The number of ketones is 1. The molecule has 0 bridgehead atoms. The van der Waals surface area contributed by atoms with Crippen molar-refractivity contribution in [3.63, 3.8) is 0 Å². The monoisotopic (exact) mass is 532 g/mol. The SMILES string of the molecule is COc1ccc(NC(=S)NC(=O)c2nn(-c3ccccc3)c(-c3ccccc3)c2C(=O)c2ccccc2)cc1. The fourth-order valence-electron chi connectivity index (χ4n) is 4.14. The molecule has 1 amide bonds. The first-order valence-electron chi connectivity index (χ1n) is 12.1. The molecule has 39 heavy (non-hydrogen) atoms. The molecule has 0 saturated heterocycles. The predicted octanol–water partition coefficient (Wildman–Crippen LogP) is 5.91. The maximum absolute atomic E-state index is 14.0. The van der Waals surface area contributed by atoms with Crippen molar-refractivity contribution < 1.29 is 14.3 Å². The summed E-state index contributed by atoms with van der Waals surface area (Å²) in [6, 6.07) is 34.7. The van der Waals surface area contributed by atoms with Crippen LogP contribution < -0.4 is 15.4 Å². The fraction of sp³-hybridized carbons (Fsp3) is 0.0323. The van der Waals surface area contributed by atoms with Gasteiger partial charge in [-0.3, -0.25) is 14.9 Å². The normalized spacial score (nSPS) is 10.5. The van der Waals surface area contributed by atoms with Crippen molar-refractivity contribution in [2.45, 2.75) is 0 Å². The summed E-state index contributed by atoms with van der Waals surface area (Å²) in [5.74, 6) is -0.234. The van der Waals surface area contributed by atoms with E-state index in [0.29, 0.717) is 28.4 Å². The van der Waals surface area contributed by atoms with E-state index in [2.05, 4.69) is 15.7 Å². The maximum Gasteiger partial charge on any atom is 0.278 e. The molecule has 192 valence electrons. The van der Waals surface area contributed by atoms with Gasteiger partial charge < -0.3 is 10.1 Å². The van der Waals surface area contributed by atoms with Crippen LogP contribution in [0.2, 0.25) is 0 Å². The second-order valence-electron chi connectivity index (χ2n) is 8.52. The summed E-state index contributed by atoms with van der Waals surface area (Å²) in [5.41, 5.74) is 3.21. The minimum atomic E-state index is -0.604. The second kappa shape index (κ2) is 11.5. The van der Waals surface area contributed by atoms with Crippen LogP contribution in [0.4, 0.5) is 5.69 Å². The van der Waals surface area contributed by atoms with Crippen molar-refractivity contribution in [2.75, 3.05) is 12.4 Å². The number of carbonyl (C=O) groups excluding carboxylic acids is 2. The van der Waals surface area contributed by atoms with E-state index >= 15 is 0 Å². The molecule has 5 rings (SSSR count). The fourth-order valence-corrected chi connectivity index (χ4v) is 4.35. The van der Waals surface area contributed by atoms with E-state index in [-0.39, 0.29) is 22.2 Å². The Labute approximate surface area is 231 Å². The van der Waals surface area contributed by atoms with Crippen LogP contribution in [0.5, 0.6) is 5.75 Å². The number of thiocarbonyl (C=S) groups is 1. The number of nitrogens with one attached hydrogen (secondary N) is 2. The number of benzene rings is 4. The zero-order valence-corrected chi connectivity index (χ0v) is 21.8. The number of nitrogens with zero attached hydrogens (tertiary/aromatic N) is 2. The van der Waals surface area contributed by atoms with Gasteiger partial charge in [0, 0.05) is 16.8 Å². The van der Waals surface area contributed by atoms with Gasteiger partial charge >= 0.3 is 0 Å². The molecule has 0 aliphatic heterocycles. The molecular formula is C31H24N4O3S. The number of methoxy groups -OCH3 is 1. The van der Waals surface area contributed by atoms with Gasteiger partial charge in [0.05, 0.1) is 24.1 Å². The van der Waals surface area contributed by atoms with Crippen LogP contribution in [0.15, 0.2) is 115 Å². The first-order valence-corrected chi connectivity index (χ1v) is 12.6. The lowest BCUT2D eigenvalue weighted by Crippen LogP contribution is -2.35. The minimum absolute atomic E-state index is 0.0366. The van der Waals surface area contributed by atoms with Crippen molar-refractivity contribution >= 4 is 34.7 Å². The number of ether oxygens (including phenoxy) is 1. The summed E-state index contributed by atoms with van der Waals surface area (Å²) in [7, 11) is 1.58. The summed E-state index contributed by atoms with van der Waals surface area (Å²) in [6.07, 6.45) is 0. The van der Waals surface area contributed by atoms with Gasteiger partial charge in [-0.15, -0.1) is 0 Å². The van der Waals surface area contributed by atoms with Gasteiger partial charge in [0.15, 0.2) is 16.6 Å². The first kappa shape index (κ1) is 25.6. The van der Waals surface area contributed by atoms with Crippen LogP contribution in [0.3, 0.4) is 0 Å². The topological polar surface area (TPSA) is 85.2 Å². The van der Waals surface area contributed by atoms with Gasteiger partial charge in [-0.1, -0.05) is 78.9 Å². The first-order chi connectivity index (χ1) is 19.0. The highest BCUT2D eigenvalue weighted by atomic mass is 32.1. The summed E-state index contributed by atoms with van der Waals surface area (Å²) in [6.45, 7) is 0. The number of hydrogen-bond donors (Lipinski definition) is 2. The van der Waals surface area contributed by atoms with Crippen LogP contribution in [0.25, 0.3) is 16.9 Å². The Bertz CT molecular complexity index is 1620. The average Bonchev–Trinajstić information content (AvgIpc) is 3.39. The molecule has 0 unspecified atom stereocenters. The lowest BCUT2D eigenvalue weighted by atomic mass is 9.97. The Hall–Kier alpha value is -5.08. The maximum atomic E-state index is 14.0. The number of carbonyl (C=O) groups is 2. The summed E-state index contributed by atoms with van der Waals surface area (Å²) < 4.78 is 6.81. The predicted molar refractivity (Wildman–Crippen MR) is 156 cm³/mol. The molecule has 1 heterocycles. The summed E-state index contributed by atoms with van der Waals surface area (Å²) in [5, 5.41) is 10.4. The van der Waals surface area contributed by atoms with Crippen molar-refractivity contribution in [1.82, 2.24) is 15.1 Å². The van der Waals surface area contributed by atoms with E-state index in [1.165, 1.54) is 0 Å². The van der Waals surface area contributed by atoms with Gasteiger partial charge in [-0.05, 0) is 48.6 Å². The quantitative estimate of drug-likeness (QED) is 0.200. The zero-order valence-electron chi connectivity index (χ0n) is 21.0. The van der Waals surface area contributed by atoms with Crippen LogP contribution >= 0.6 is 12.2 Å². The third kappa shape index (κ3) is 5.61. The van der Waals surface area contributed by atoms with Crippen LogP contribution in [-0.2, 0) is 0 Å². The second-order valence-corrected chi connectivity index (χ2v) is 8.93.